The first-order chi connectivity index (χ1) is 11.4. The van der Waals surface area contributed by atoms with Crippen LogP contribution in [0.5, 0.6) is 0 Å². The van der Waals surface area contributed by atoms with E-state index in [1.54, 1.807) is 30.0 Å². The molecule has 2 rings (SSSR count). The SMILES string of the molecule is CCOC(=O)C1CCN(C(=O)C(C)Sc2c(Cl)cccc2Cl)CC1. The molecule has 0 bridgehead atoms. The maximum Gasteiger partial charge on any atom is 0.309 e. The largest absolute Gasteiger partial charge is 0.466 e. The summed E-state index contributed by atoms with van der Waals surface area (Å²) >= 11 is 13.7. The van der Waals surface area contributed by atoms with E-state index in [0.717, 1.165) is 4.90 Å². The van der Waals surface area contributed by atoms with Gasteiger partial charge < -0.3 is 9.64 Å². The molecule has 1 aromatic carbocycles. The Balaban J connectivity index is 1.92. The van der Waals surface area contributed by atoms with Crippen LogP contribution in [0, 0.1) is 5.92 Å². The van der Waals surface area contributed by atoms with Gasteiger partial charge in [0.05, 0.1) is 27.8 Å². The minimum absolute atomic E-state index is 0.0401. The van der Waals surface area contributed by atoms with Gasteiger partial charge in [-0.05, 0) is 38.8 Å². The minimum Gasteiger partial charge on any atom is -0.466 e. The van der Waals surface area contributed by atoms with Crippen molar-refractivity contribution < 1.29 is 14.3 Å². The van der Waals surface area contributed by atoms with Crippen LogP contribution in [0.1, 0.15) is 26.7 Å². The fraction of sp³-hybridized carbons (Fsp3) is 0.529. The first-order valence-corrected chi connectivity index (χ1v) is 9.63. The molecule has 132 valence electrons. The highest BCUT2D eigenvalue weighted by molar-refractivity contribution is 8.00. The summed E-state index contributed by atoms with van der Waals surface area (Å²) in [7, 11) is 0. The predicted molar refractivity (Wildman–Crippen MR) is 97.7 cm³/mol. The van der Waals surface area contributed by atoms with Crippen molar-refractivity contribution in [2.45, 2.75) is 36.8 Å². The Bertz CT molecular complexity index is 583. The highest BCUT2D eigenvalue weighted by Gasteiger charge is 2.30. The molecule has 1 aliphatic rings. The average Bonchev–Trinajstić information content (AvgIpc) is 2.58. The average molecular weight is 390 g/mol. The summed E-state index contributed by atoms with van der Waals surface area (Å²) in [6.07, 6.45) is 1.30. The Morgan fingerprint density at radius 2 is 1.88 bits per heavy atom. The number of halogens is 2. The lowest BCUT2D eigenvalue weighted by Crippen LogP contribution is -2.43. The minimum atomic E-state index is -0.290. The van der Waals surface area contributed by atoms with Crippen LogP contribution in [-0.4, -0.2) is 41.7 Å². The molecule has 0 N–H and O–H groups in total. The molecule has 0 radical (unpaired) electrons. The van der Waals surface area contributed by atoms with Crippen molar-refractivity contribution in [2.75, 3.05) is 19.7 Å². The van der Waals surface area contributed by atoms with Gasteiger partial charge in [0.25, 0.3) is 0 Å². The summed E-state index contributed by atoms with van der Waals surface area (Å²) in [6.45, 7) is 5.19. The van der Waals surface area contributed by atoms with Gasteiger partial charge in [-0.3, -0.25) is 9.59 Å². The quantitative estimate of drug-likeness (QED) is 0.556. The van der Waals surface area contributed by atoms with Crippen LogP contribution < -0.4 is 0 Å². The number of esters is 1. The third-order valence-corrected chi connectivity index (χ3v) is 6.07. The van der Waals surface area contributed by atoms with Crippen LogP contribution in [0.3, 0.4) is 0 Å². The van der Waals surface area contributed by atoms with Crippen LogP contribution in [0.15, 0.2) is 23.1 Å². The third-order valence-electron chi connectivity index (χ3n) is 3.99. The van der Waals surface area contributed by atoms with Crippen molar-refractivity contribution in [2.24, 2.45) is 5.92 Å². The summed E-state index contributed by atoms with van der Waals surface area (Å²) in [5, 5.41) is 0.808. The van der Waals surface area contributed by atoms with Crippen molar-refractivity contribution >= 4 is 46.8 Å². The molecule has 24 heavy (non-hydrogen) atoms. The standard InChI is InChI=1S/C17H21Cl2NO3S/c1-3-23-17(22)12-7-9-20(10-8-12)16(21)11(2)24-15-13(18)5-4-6-14(15)19/h4-6,11-12H,3,7-10H2,1-2H3. The van der Waals surface area contributed by atoms with Gasteiger partial charge in [-0.2, -0.15) is 0 Å². The first kappa shape index (κ1) is 19.4. The number of ether oxygens (including phenoxy) is 1. The molecule has 0 spiro atoms. The first-order valence-electron chi connectivity index (χ1n) is 8.00. The van der Waals surface area contributed by atoms with Gasteiger partial charge in [0, 0.05) is 18.0 Å². The van der Waals surface area contributed by atoms with Gasteiger partial charge in [0.1, 0.15) is 0 Å². The molecule has 0 aliphatic carbocycles. The van der Waals surface area contributed by atoms with Crippen molar-refractivity contribution in [1.82, 2.24) is 4.90 Å². The Hall–Kier alpha value is -0.910. The number of hydrogen-bond acceptors (Lipinski definition) is 4. The van der Waals surface area contributed by atoms with Crippen molar-refractivity contribution in [1.29, 1.82) is 0 Å². The Morgan fingerprint density at radius 1 is 1.29 bits per heavy atom. The Labute approximate surface area is 156 Å². The normalized spacial score (nSPS) is 16.8. The summed E-state index contributed by atoms with van der Waals surface area (Å²) in [5.41, 5.74) is 0. The summed E-state index contributed by atoms with van der Waals surface area (Å²) < 4.78 is 5.05. The Morgan fingerprint density at radius 3 is 2.42 bits per heavy atom. The van der Waals surface area contributed by atoms with Gasteiger partial charge in [0.2, 0.25) is 5.91 Å². The van der Waals surface area contributed by atoms with Gasteiger partial charge >= 0.3 is 5.97 Å². The molecule has 1 atom stereocenters. The summed E-state index contributed by atoms with van der Waals surface area (Å²) in [6, 6.07) is 5.30. The zero-order valence-electron chi connectivity index (χ0n) is 13.8. The van der Waals surface area contributed by atoms with Crippen LogP contribution >= 0.6 is 35.0 Å². The maximum atomic E-state index is 12.6. The number of carbonyl (C=O) groups excluding carboxylic acids is 2. The van der Waals surface area contributed by atoms with Gasteiger partial charge in [-0.25, -0.2) is 0 Å². The highest BCUT2D eigenvalue weighted by Crippen LogP contribution is 2.37. The van der Waals surface area contributed by atoms with Crippen LogP contribution in [-0.2, 0) is 14.3 Å². The van der Waals surface area contributed by atoms with E-state index in [0.29, 0.717) is 42.6 Å². The van der Waals surface area contributed by atoms with E-state index in [9.17, 15) is 9.59 Å². The molecule has 1 aromatic rings. The number of likely N-dealkylation sites (tertiary alicyclic amines) is 1. The second-order valence-electron chi connectivity index (χ2n) is 5.66. The number of amides is 1. The zero-order chi connectivity index (χ0) is 17.7. The fourth-order valence-corrected chi connectivity index (χ4v) is 4.30. The molecule has 1 unspecified atom stereocenters. The van der Waals surface area contributed by atoms with Crippen LogP contribution in [0.2, 0.25) is 10.0 Å². The number of hydrogen-bond donors (Lipinski definition) is 0. The predicted octanol–water partition coefficient (Wildman–Crippen LogP) is 4.28. The van der Waals surface area contributed by atoms with Gasteiger partial charge in [-0.15, -0.1) is 11.8 Å². The monoisotopic (exact) mass is 389 g/mol. The van der Waals surface area contributed by atoms with Gasteiger partial charge in [0.15, 0.2) is 0 Å². The van der Waals surface area contributed by atoms with Crippen molar-refractivity contribution in [3.05, 3.63) is 28.2 Å². The maximum absolute atomic E-state index is 12.6. The highest BCUT2D eigenvalue weighted by atomic mass is 35.5. The number of rotatable bonds is 5. The lowest BCUT2D eigenvalue weighted by atomic mass is 9.97. The molecular weight excluding hydrogens is 369 g/mol. The number of nitrogens with zero attached hydrogens (tertiary/aromatic N) is 1. The van der Waals surface area contributed by atoms with E-state index in [-0.39, 0.29) is 23.0 Å². The van der Waals surface area contributed by atoms with Gasteiger partial charge in [-0.1, -0.05) is 29.3 Å². The molecule has 0 saturated carbocycles. The molecule has 1 heterocycles. The molecule has 1 aliphatic heterocycles. The number of thioether (sulfide) groups is 1. The third kappa shape index (κ3) is 4.80. The number of benzene rings is 1. The number of piperidine rings is 1. The lowest BCUT2D eigenvalue weighted by Gasteiger charge is -2.32. The lowest BCUT2D eigenvalue weighted by molar-refractivity contribution is -0.151. The van der Waals surface area contributed by atoms with Crippen molar-refractivity contribution in [3.63, 3.8) is 0 Å². The van der Waals surface area contributed by atoms with E-state index >= 15 is 0 Å². The molecule has 1 amide bonds. The van der Waals surface area contributed by atoms with E-state index in [1.807, 2.05) is 6.92 Å². The molecule has 0 aromatic heterocycles. The van der Waals surface area contributed by atoms with E-state index in [4.69, 9.17) is 27.9 Å². The molecule has 4 nitrogen and oxygen atoms in total. The second-order valence-corrected chi connectivity index (χ2v) is 7.83. The molecule has 1 saturated heterocycles. The topological polar surface area (TPSA) is 46.6 Å². The van der Waals surface area contributed by atoms with Crippen LogP contribution in [0.25, 0.3) is 0 Å². The van der Waals surface area contributed by atoms with Crippen molar-refractivity contribution in [3.8, 4) is 0 Å². The summed E-state index contributed by atoms with van der Waals surface area (Å²) in [5.74, 6) is -0.219. The molecule has 7 heteroatoms. The Kier molecular flexibility index (Phi) is 7.26. The van der Waals surface area contributed by atoms with E-state index in [1.165, 1.54) is 11.8 Å². The molecular formula is C17H21Cl2NO3S. The van der Waals surface area contributed by atoms with Crippen LogP contribution in [0.4, 0.5) is 0 Å². The molecule has 1 fully saturated rings. The summed E-state index contributed by atoms with van der Waals surface area (Å²) in [4.78, 5) is 26.9. The smallest absolute Gasteiger partial charge is 0.309 e. The fourth-order valence-electron chi connectivity index (χ4n) is 2.68. The second kappa shape index (κ2) is 8.97. The van der Waals surface area contributed by atoms with E-state index in [2.05, 4.69) is 0 Å². The zero-order valence-corrected chi connectivity index (χ0v) is 16.1. The number of carbonyl (C=O) groups is 2. The van der Waals surface area contributed by atoms with E-state index < -0.39 is 0 Å².